The predicted octanol–water partition coefficient (Wildman–Crippen LogP) is 5.51. The summed E-state index contributed by atoms with van der Waals surface area (Å²) < 4.78 is 1.23. The van der Waals surface area contributed by atoms with Gasteiger partial charge in [0.05, 0.1) is 22.7 Å². The van der Waals surface area contributed by atoms with E-state index in [4.69, 9.17) is 12.2 Å². The Hall–Kier alpha value is -3.27. The second-order valence-corrected chi connectivity index (χ2v) is 11.0. The summed E-state index contributed by atoms with van der Waals surface area (Å²) in [5.41, 5.74) is 4.19. The highest BCUT2D eigenvalue weighted by Crippen LogP contribution is 2.44. The molecule has 0 bridgehead atoms. The molecule has 1 fully saturated rings. The van der Waals surface area contributed by atoms with Crippen molar-refractivity contribution < 1.29 is 14.4 Å². The van der Waals surface area contributed by atoms with Gasteiger partial charge in [0.25, 0.3) is 11.8 Å². The van der Waals surface area contributed by atoms with Gasteiger partial charge in [0.1, 0.15) is 10.9 Å². The first kappa shape index (κ1) is 24.4. The maximum Gasteiger partial charge on any atom is 0.267 e. The Balaban J connectivity index is 1.42. The summed E-state index contributed by atoms with van der Waals surface area (Å²) in [6, 6.07) is 22.3. The van der Waals surface area contributed by atoms with Gasteiger partial charge in [0, 0.05) is 15.7 Å². The Bertz CT molecular complexity index is 1450. The van der Waals surface area contributed by atoms with E-state index in [-0.39, 0.29) is 23.9 Å². The van der Waals surface area contributed by atoms with Gasteiger partial charge in [-0.15, -0.1) is 0 Å². The van der Waals surface area contributed by atoms with Gasteiger partial charge in [-0.05, 0) is 36.8 Å². The van der Waals surface area contributed by atoms with Crippen molar-refractivity contribution in [2.45, 2.75) is 13.5 Å². The van der Waals surface area contributed by atoms with Crippen molar-refractivity contribution in [3.05, 3.63) is 98.9 Å². The third-order valence-electron chi connectivity index (χ3n) is 5.87. The van der Waals surface area contributed by atoms with Crippen molar-refractivity contribution in [1.82, 2.24) is 4.90 Å². The molecule has 0 unspecified atom stereocenters. The number of halogens is 1. The fourth-order valence-electron chi connectivity index (χ4n) is 4.13. The quantitative estimate of drug-likeness (QED) is 0.319. The van der Waals surface area contributed by atoms with Gasteiger partial charge in [-0.1, -0.05) is 94.0 Å². The number of nitrogens with zero attached hydrogens (tertiary/aromatic N) is 2. The van der Waals surface area contributed by atoms with E-state index < -0.39 is 5.91 Å². The van der Waals surface area contributed by atoms with Crippen molar-refractivity contribution in [1.29, 1.82) is 0 Å². The number of nitrogens with one attached hydrogen (secondary N) is 1. The molecule has 3 aromatic carbocycles. The van der Waals surface area contributed by atoms with Gasteiger partial charge in [0.15, 0.2) is 0 Å². The smallest absolute Gasteiger partial charge is 0.267 e. The lowest BCUT2D eigenvalue weighted by Gasteiger charge is -2.17. The minimum atomic E-state index is -0.392. The Kier molecular flexibility index (Phi) is 6.79. The molecular weight excluding hydrogens is 558 g/mol. The number of fused-ring (bicyclic) bond motifs is 1. The van der Waals surface area contributed by atoms with Gasteiger partial charge in [-0.3, -0.25) is 24.2 Å². The highest BCUT2D eigenvalue weighted by molar-refractivity contribution is 9.10. The average Bonchev–Trinajstić information content (AvgIpc) is 3.28. The lowest BCUT2D eigenvalue weighted by Crippen LogP contribution is -2.35. The molecular formula is C27H20BrN3O3S2. The van der Waals surface area contributed by atoms with Crippen LogP contribution in [0.25, 0.3) is 5.57 Å². The first-order chi connectivity index (χ1) is 17.3. The van der Waals surface area contributed by atoms with Gasteiger partial charge < -0.3 is 5.32 Å². The van der Waals surface area contributed by atoms with Crippen LogP contribution in [0.1, 0.15) is 16.7 Å². The minimum absolute atomic E-state index is 0.185. The normalized spacial score (nSPS) is 17.1. The maximum atomic E-state index is 13.6. The molecule has 0 radical (unpaired) electrons. The number of para-hydroxylation sites is 1. The number of aryl methyl sites for hydroxylation is 1. The summed E-state index contributed by atoms with van der Waals surface area (Å²) in [4.78, 5) is 43.1. The number of hydrogen-bond donors (Lipinski definition) is 1. The van der Waals surface area contributed by atoms with Crippen LogP contribution in [0.4, 0.5) is 11.4 Å². The number of carbonyl (C=O) groups excluding carboxylic acids is 3. The molecule has 0 spiro atoms. The van der Waals surface area contributed by atoms with Crippen LogP contribution < -0.4 is 10.2 Å². The SMILES string of the molecule is Cc1ccc(CN2C(=O)C(=C3C(=O)N(CC(=O)Nc4cccc(Br)c4)c4ccccc43)SC2=S)cc1. The molecule has 1 saturated heterocycles. The van der Waals surface area contributed by atoms with E-state index in [0.29, 0.717) is 32.7 Å². The van der Waals surface area contributed by atoms with Crippen LogP contribution in [-0.2, 0) is 20.9 Å². The molecule has 0 atom stereocenters. The number of hydrogen-bond acceptors (Lipinski definition) is 5. The van der Waals surface area contributed by atoms with Gasteiger partial charge in [-0.25, -0.2) is 0 Å². The fraction of sp³-hybridized carbons (Fsp3) is 0.111. The van der Waals surface area contributed by atoms with Crippen molar-refractivity contribution >= 4 is 78.9 Å². The second-order valence-electron chi connectivity index (χ2n) is 8.42. The molecule has 0 aliphatic carbocycles. The lowest BCUT2D eigenvalue weighted by atomic mass is 10.1. The van der Waals surface area contributed by atoms with E-state index in [1.165, 1.54) is 9.80 Å². The summed E-state index contributed by atoms with van der Waals surface area (Å²) >= 11 is 10.0. The zero-order chi connectivity index (χ0) is 25.4. The highest BCUT2D eigenvalue weighted by Gasteiger charge is 2.42. The zero-order valence-corrected chi connectivity index (χ0v) is 22.4. The molecule has 0 aromatic heterocycles. The number of anilines is 2. The number of carbonyl (C=O) groups is 3. The standard InChI is InChI=1S/C27H20BrN3O3S2/c1-16-9-11-17(12-10-16)14-31-26(34)24(36-27(31)35)23-20-7-2-3-8-21(20)30(25(23)33)15-22(32)29-19-6-4-5-18(28)13-19/h2-13H,14-15H2,1H3,(H,29,32). The van der Waals surface area contributed by atoms with Crippen molar-refractivity contribution in [2.75, 3.05) is 16.8 Å². The summed E-state index contributed by atoms with van der Waals surface area (Å²) in [7, 11) is 0. The topological polar surface area (TPSA) is 69.7 Å². The average molecular weight is 579 g/mol. The fourth-order valence-corrected chi connectivity index (χ4v) is 5.85. The number of amides is 3. The molecule has 0 saturated carbocycles. The summed E-state index contributed by atoms with van der Waals surface area (Å²) in [6.07, 6.45) is 0. The largest absolute Gasteiger partial charge is 0.324 e. The Labute approximate surface area is 226 Å². The molecule has 2 aliphatic heterocycles. The second kappa shape index (κ2) is 10.0. The van der Waals surface area contributed by atoms with E-state index in [1.54, 1.807) is 30.3 Å². The van der Waals surface area contributed by atoms with Crippen LogP contribution in [0.5, 0.6) is 0 Å². The van der Waals surface area contributed by atoms with Crippen LogP contribution >= 0.6 is 39.9 Å². The van der Waals surface area contributed by atoms with E-state index in [2.05, 4.69) is 21.2 Å². The zero-order valence-electron chi connectivity index (χ0n) is 19.2. The van der Waals surface area contributed by atoms with Gasteiger partial charge in [0.2, 0.25) is 5.91 Å². The molecule has 36 heavy (non-hydrogen) atoms. The number of rotatable bonds is 5. The summed E-state index contributed by atoms with van der Waals surface area (Å²) in [6.45, 7) is 2.15. The number of thiocarbonyl (C=S) groups is 1. The molecule has 180 valence electrons. The van der Waals surface area contributed by atoms with Crippen LogP contribution in [0.15, 0.2) is 82.2 Å². The van der Waals surface area contributed by atoms with Crippen LogP contribution in [-0.4, -0.2) is 33.5 Å². The first-order valence-electron chi connectivity index (χ1n) is 11.1. The van der Waals surface area contributed by atoms with Crippen LogP contribution in [0.3, 0.4) is 0 Å². The molecule has 5 rings (SSSR count). The Morgan fingerprint density at radius 1 is 0.972 bits per heavy atom. The first-order valence-corrected chi connectivity index (χ1v) is 13.1. The lowest BCUT2D eigenvalue weighted by molar-refractivity contribution is -0.122. The van der Waals surface area contributed by atoms with Gasteiger partial charge in [-0.2, -0.15) is 0 Å². The predicted molar refractivity (Wildman–Crippen MR) is 150 cm³/mol. The monoisotopic (exact) mass is 577 g/mol. The van der Waals surface area contributed by atoms with Crippen molar-refractivity contribution in [3.63, 3.8) is 0 Å². The Morgan fingerprint density at radius 2 is 1.72 bits per heavy atom. The van der Waals surface area contributed by atoms with E-state index >= 15 is 0 Å². The highest BCUT2D eigenvalue weighted by atomic mass is 79.9. The summed E-state index contributed by atoms with van der Waals surface area (Å²) in [5, 5.41) is 2.82. The minimum Gasteiger partial charge on any atom is -0.324 e. The number of benzene rings is 3. The third kappa shape index (κ3) is 4.74. The molecule has 3 amide bonds. The molecule has 2 heterocycles. The molecule has 1 N–H and O–H groups in total. The Morgan fingerprint density at radius 3 is 2.47 bits per heavy atom. The molecule has 2 aliphatic rings. The number of thioether (sulfide) groups is 1. The van der Waals surface area contributed by atoms with Crippen LogP contribution in [0.2, 0.25) is 0 Å². The van der Waals surface area contributed by atoms with Crippen molar-refractivity contribution in [2.24, 2.45) is 0 Å². The van der Waals surface area contributed by atoms with E-state index in [9.17, 15) is 14.4 Å². The maximum absolute atomic E-state index is 13.6. The molecule has 6 nitrogen and oxygen atoms in total. The molecule has 9 heteroatoms. The van der Waals surface area contributed by atoms with Gasteiger partial charge >= 0.3 is 0 Å². The van der Waals surface area contributed by atoms with Crippen LogP contribution in [0, 0.1) is 6.92 Å². The van der Waals surface area contributed by atoms with E-state index in [1.807, 2.05) is 49.4 Å². The third-order valence-corrected chi connectivity index (χ3v) is 7.81. The summed E-state index contributed by atoms with van der Waals surface area (Å²) in [5.74, 6) is -1.04. The van der Waals surface area contributed by atoms with E-state index in [0.717, 1.165) is 27.4 Å². The molecule has 3 aromatic rings. The van der Waals surface area contributed by atoms with Crippen molar-refractivity contribution in [3.8, 4) is 0 Å².